The van der Waals surface area contributed by atoms with E-state index in [9.17, 15) is 9.59 Å². The van der Waals surface area contributed by atoms with Crippen LogP contribution in [0.2, 0.25) is 5.02 Å². The van der Waals surface area contributed by atoms with Gasteiger partial charge in [0, 0.05) is 41.7 Å². The molecule has 0 radical (unpaired) electrons. The van der Waals surface area contributed by atoms with Crippen molar-refractivity contribution in [1.82, 2.24) is 10.2 Å². The lowest BCUT2D eigenvalue weighted by atomic mass is 9.87. The molecule has 1 saturated heterocycles. The number of ether oxygens (including phenoxy) is 2. The molecule has 2 atom stereocenters. The standard InChI is InChI=1S/C23H27ClN2O4/c1-4-12-25-22(27)19-14-26(23(28)15-8-10-16(24)11-9-15)13-18(19)17-6-5-7-20(29-2)21(17)30-3/h5-11,18-19H,4,12-14H2,1-3H3,(H,25,27)/t18-,19-/m0/s1. The molecule has 0 bridgehead atoms. The number of likely N-dealkylation sites (tertiary alicyclic amines) is 1. The van der Waals surface area contributed by atoms with Gasteiger partial charge >= 0.3 is 0 Å². The molecule has 30 heavy (non-hydrogen) atoms. The van der Waals surface area contributed by atoms with E-state index in [-0.39, 0.29) is 23.7 Å². The summed E-state index contributed by atoms with van der Waals surface area (Å²) in [7, 11) is 3.16. The fraction of sp³-hybridized carbons (Fsp3) is 0.391. The first-order valence-corrected chi connectivity index (χ1v) is 10.4. The second-order valence-electron chi connectivity index (χ2n) is 7.30. The highest BCUT2D eigenvalue weighted by Crippen LogP contribution is 2.42. The zero-order valence-electron chi connectivity index (χ0n) is 17.5. The van der Waals surface area contributed by atoms with E-state index in [4.69, 9.17) is 21.1 Å². The Balaban J connectivity index is 1.94. The van der Waals surface area contributed by atoms with E-state index in [1.807, 2.05) is 25.1 Å². The van der Waals surface area contributed by atoms with Crippen molar-refractivity contribution in [2.45, 2.75) is 19.3 Å². The first-order valence-electron chi connectivity index (χ1n) is 10.0. The van der Waals surface area contributed by atoms with E-state index >= 15 is 0 Å². The van der Waals surface area contributed by atoms with Gasteiger partial charge in [0.2, 0.25) is 5.91 Å². The van der Waals surface area contributed by atoms with Gasteiger partial charge in [-0.1, -0.05) is 30.7 Å². The molecule has 2 amide bonds. The number of methoxy groups -OCH3 is 2. The largest absolute Gasteiger partial charge is 0.493 e. The Morgan fingerprint density at radius 2 is 1.83 bits per heavy atom. The molecule has 1 N–H and O–H groups in total. The number of halogens is 1. The number of nitrogens with one attached hydrogen (secondary N) is 1. The quantitative estimate of drug-likeness (QED) is 0.726. The summed E-state index contributed by atoms with van der Waals surface area (Å²) in [5.74, 6) is 0.434. The van der Waals surface area contributed by atoms with Gasteiger partial charge in [0.05, 0.1) is 20.1 Å². The number of hydrogen-bond acceptors (Lipinski definition) is 4. The molecule has 1 fully saturated rings. The third-order valence-electron chi connectivity index (χ3n) is 5.42. The van der Waals surface area contributed by atoms with Crippen molar-refractivity contribution >= 4 is 23.4 Å². The van der Waals surface area contributed by atoms with Crippen molar-refractivity contribution < 1.29 is 19.1 Å². The minimum Gasteiger partial charge on any atom is -0.493 e. The van der Waals surface area contributed by atoms with Crippen molar-refractivity contribution in [3.63, 3.8) is 0 Å². The average molecular weight is 431 g/mol. The van der Waals surface area contributed by atoms with Crippen LogP contribution in [0.4, 0.5) is 0 Å². The van der Waals surface area contributed by atoms with E-state index in [0.29, 0.717) is 41.7 Å². The van der Waals surface area contributed by atoms with Gasteiger partial charge in [-0.05, 0) is 36.8 Å². The summed E-state index contributed by atoms with van der Waals surface area (Å²) in [6.45, 7) is 3.35. The van der Waals surface area contributed by atoms with Crippen LogP contribution in [-0.2, 0) is 4.79 Å². The van der Waals surface area contributed by atoms with E-state index in [1.165, 1.54) is 0 Å². The molecule has 2 aromatic rings. The molecule has 2 aromatic carbocycles. The Morgan fingerprint density at radius 3 is 2.47 bits per heavy atom. The number of benzene rings is 2. The van der Waals surface area contributed by atoms with Crippen molar-refractivity contribution in [2.75, 3.05) is 33.9 Å². The summed E-state index contributed by atoms with van der Waals surface area (Å²) in [6.07, 6.45) is 0.846. The first-order chi connectivity index (χ1) is 14.5. The third kappa shape index (κ3) is 4.54. The lowest BCUT2D eigenvalue weighted by Crippen LogP contribution is -2.36. The number of carbonyl (C=O) groups is 2. The summed E-state index contributed by atoms with van der Waals surface area (Å²) in [5, 5.41) is 3.55. The molecular formula is C23H27ClN2O4. The highest BCUT2D eigenvalue weighted by molar-refractivity contribution is 6.30. The van der Waals surface area contributed by atoms with Gasteiger partial charge in [-0.2, -0.15) is 0 Å². The van der Waals surface area contributed by atoms with Gasteiger partial charge in [-0.3, -0.25) is 9.59 Å². The Kier molecular flexibility index (Phi) is 7.21. The molecule has 1 aliphatic heterocycles. The normalized spacial score (nSPS) is 18.2. The van der Waals surface area contributed by atoms with E-state index in [0.717, 1.165) is 12.0 Å². The van der Waals surface area contributed by atoms with Crippen LogP contribution >= 0.6 is 11.6 Å². The van der Waals surface area contributed by atoms with E-state index in [2.05, 4.69) is 5.32 Å². The van der Waals surface area contributed by atoms with Crippen molar-refractivity contribution in [1.29, 1.82) is 0 Å². The van der Waals surface area contributed by atoms with Crippen LogP contribution in [-0.4, -0.2) is 50.6 Å². The Hall–Kier alpha value is -2.73. The number of carbonyl (C=O) groups excluding carboxylic acids is 2. The Bertz CT molecular complexity index is 901. The van der Waals surface area contributed by atoms with Crippen LogP contribution in [0.25, 0.3) is 0 Å². The van der Waals surface area contributed by atoms with Gasteiger partial charge in [-0.15, -0.1) is 0 Å². The molecular weight excluding hydrogens is 404 g/mol. The molecule has 0 spiro atoms. The van der Waals surface area contributed by atoms with Crippen molar-refractivity contribution in [2.24, 2.45) is 5.92 Å². The molecule has 6 nitrogen and oxygen atoms in total. The minimum absolute atomic E-state index is 0.0573. The monoisotopic (exact) mass is 430 g/mol. The lowest BCUT2D eigenvalue weighted by molar-refractivity contribution is -0.124. The first kappa shape index (κ1) is 22.0. The van der Waals surface area contributed by atoms with Crippen LogP contribution in [0.15, 0.2) is 42.5 Å². The summed E-state index contributed by atoms with van der Waals surface area (Å²) >= 11 is 5.95. The van der Waals surface area contributed by atoms with Gasteiger partial charge in [-0.25, -0.2) is 0 Å². The fourth-order valence-electron chi connectivity index (χ4n) is 3.91. The van der Waals surface area contributed by atoms with Crippen LogP contribution in [0, 0.1) is 5.92 Å². The molecule has 0 aliphatic carbocycles. The zero-order chi connectivity index (χ0) is 21.7. The third-order valence-corrected chi connectivity index (χ3v) is 5.67. The highest BCUT2D eigenvalue weighted by atomic mass is 35.5. The van der Waals surface area contributed by atoms with Crippen LogP contribution in [0.1, 0.15) is 35.2 Å². The van der Waals surface area contributed by atoms with Crippen LogP contribution in [0.5, 0.6) is 11.5 Å². The topological polar surface area (TPSA) is 67.9 Å². The number of amides is 2. The smallest absolute Gasteiger partial charge is 0.253 e. The van der Waals surface area contributed by atoms with Crippen molar-refractivity contribution in [3.8, 4) is 11.5 Å². The molecule has 0 unspecified atom stereocenters. The van der Waals surface area contributed by atoms with E-state index in [1.54, 1.807) is 43.4 Å². The SMILES string of the molecule is CCCNC(=O)[C@H]1CN(C(=O)c2ccc(Cl)cc2)C[C@H]1c1cccc(OC)c1OC. The highest BCUT2D eigenvalue weighted by Gasteiger charge is 2.42. The second kappa shape index (κ2) is 9.85. The zero-order valence-corrected chi connectivity index (χ0v) is 18.2. The predicted octanol–water partition coefficient (Wildman–Crippen LogP) is 3.74. The van der Waals surface area contributed by atoms with Crippen LogP contribution < -0.4 is 14.8 Å². The summed E-state index contributed by atoms with van der Waals surface area (Å²) in [6, 6.07) is 12.4. The number of hydrogen-bond donors (Lipinski definition) is 1. The van der Waals surface area contributed by atoms with Gasteiger partial charge in [0.15, 0.2) is 11.5 Å². The molecule has 3 rings (SSSR count). The maximum Gasteiger partial charge on any atom is 0.253 e. The molecule has 0 saturated carbocycles. The molecule has 160 valence electrons. The predicted molar refractivity (Wildman–Crippen MR) is 116 cm³/mol. The van der Waals surface area contributed by atoms with Crippen molar-refractivity contribution in [3.05, 3.63) is 58.6 Å². The lowest BCUT2D eigenvalue weighted by Gasteiger charge is -2.21. The number of rotatable bonds is 7. The van der Waals surface area contributed by atoms with Crippen LogP contribution in [0.3, 0.4) is 0 Å². The Labute approximate surface area is 182 Å². The minimum atomic E-state index is -0.381. The van der Waals surface area contributed by atoms with Gasteiger partial charge < -0.3 is 19.7 Å². The Morgan fingerprint density at radius 1 is 1.10 bits per heavy atom. The maximum atomic E-state index is 13.1. The average Bonchev–Trinajstić information content (AvgIpc) is 3.22. The maximum absolute atomic E-state index is 13.1. The molecule has 1 aliphatic rings. The second-order valence-corrected chi connectivity index (χ2v) is 7.74. The van der Waals surface area contributed by atoms with Gasteiger partial charge in [0.1, 0.15) is 0 Å². The summed E-state index contributed by atoms with van der Waals surface area (Å²) < 4.78 is 11.0. The summed E-state index contributed by atoms with van der Waals surface area (Å²) in [4.78, 5) is 27.8. The van der Waals surface area contributed by atoms with E-state index < -0.39 is 0 Å². The molecule has 0 aromatic heterocycles. The summed E-state index contributed by atoms with van der Waals surface area (Å²) in [5.41, 5.74) is 1.41. The molecule has 7 heteroatoms. The number of nitrogens with zero attached hydrogens (tertiary/aromatic N) is 1. The molecule has 1 heterocycles. The number of para-hydroxylation sites is 1. The fourth-order valence-corrected chi connectivity index (χ4v) is 4.03. The van der Waals surface area contributed by atoms with Gasteiger partial charge in [0.25, 0.3) is 5.91 Å².